The quantitative estimate of drug-likeness (QED) is 0.160. The van der Waals surface area contributed by atoms with E-state index >= 15 is 0 Å². The maximum atomic E-state index is 10.3. The van der Waals surface area contributed by atoms with Crippen LogP contribution in [0, 0.1) is 0 Å². The van der Waals surface area contributed by atoms with Gasteiger partial charge in [0.25, 0.3) is 0 Å². The summed E-state index contributed by atoms with van der Waals surface area (Å²) < 4.78 is 1.97. The minimum Gasteiger partial charge on any atom is -0.508 e. The molecule has 36 heavy (non-hydrogen) atoms. The summed E-state index contributed by atoms with van der Waals surface area (Å²) in [4.78, 5) is 8.87. The molecule has 4 aromatic carbocycles. The smallest absolute Gasteiger partial charge is 0.231 e. The molecule has 0 atom stereocenters. The molecule has 0 spiro atoms. The number of phenols is 2. The summed E-state index contributed by atoms with van der Waals surface area (Å²) in [5.74, 6) is 0.0585. The largest absolute Gasteiger partial charge is 0.508 e. The summed E-state index contributed by atoms with van der Waals surface area (Å²) in [5, 5.41) is 37.8. The van der Waals surface area contributed by atoms with Crippen LogP contribution >= 0.6 is 27.3 Å². The molecule has 10 heteroatoms. The Morgan fingerprint density at radius 3 is 2.36 bits per heavy atom. The first-order valence-electron chi connectivity index (χ1n) is 10.7. The number of aliphatic imine (C=N–C) groups is 1. The average molecular weight is 557 g/mol. The number of hydrogen-bond donors (Lipinski definition) is 2. The second-order valence-corrected chi connectivity index (χ2v) is 9.44. The van der Waals surface area contributed by atoms with Gasteiger partial charge in [-0.2, -0.15) is 5.11 Å². The lowest BCUT2D eigenvalue weighted by Crippen LogP contribution is -1.82. The molecule has 0 radical (unpaired) electrons. The maximum absolute atomic E-state index is 10.3. The molecule has 0 saturated heterocycles. The average Bonchev–Trinajstić information content (AvgIpc) is 3.31. The third-order valence-electron chi connectivity index (χ3n) is 4.95. The normalized spacial score (nSPS) is 11.9. The Balaban J connectivity index is 1.39. The lowest BCUT2D eigenvalue weighted by Gasteiger charge is -2.03. The van der Waals surface area contributed by atoms with Crippen LogP contribution in [0.3, 0.4) is 0 Å². The van der Waals surface area contributed by atoms with Crippen molar-refractivity contribution in [3.63, 3.8) is 0 Å². The minimum atomic E-state index is 0.0240. The fourth-order valence-electron chi connectivity index (χ4n) is 3.17. The van der Waals surface area contributed by atoms with Gasteiger partial charge in [0.2, 0.25) is 5.13 Å². The standard InChI is InChI=1S/C26H17BrN6O2S/c27-17-5-7-18(8-6-17)30-32-21-11-10-20(34)14-23(21)28-15-16-13-19(9-12-24(16)35)31-33-26-29-22-3-1-2-4-25(22)36-26/h1-15,34-35H. The van der Waals surface area contributed by atoms with Crippen LogP contribution in [0.25, 0.3) is 10.2 Å². The first kappa shape index (κ1) is 23.5. The van der Waals surface area contributed by atoms with Crippen molar-refractivity contribution in [3.05, 3.63) is 95.0 Å². The number of aromatic nitrogens is 1. The van der Waals surface area contributed by atoms with Gasteiger partial charge in [0.15, 0.2) is 0 Å². The van der Waals surface area contributed by atoms with Crippen molar-refractivity contribution in [1.29, 1.82) is 0 Å². The number of halogens is 1. The fourth-order valence-corrected chi connectivity index (χ4v) is 4.22. The van der Waals surface area contributed by atoms with Gasteiger partial charge >= 0.3 is 0 Å². The Morgan fingerprint density at radius 1 is 0.750 bits per heavy atom. The van der Waals surface area contributed by atoms with Gasteiger partial charge in [-0.25, -0.2) is 4.98 Å². The monoisotopic (exact) mass is 556 g/mol. The van der Waals surface area contributed by atoms with E-state index in [0.717, 1.165) is 14.7 Å². The van der Waals surface area contributed by atoms with Crippen molar-refractivity contribution in [2.75, 3.05) is 0 Å². The number of benzene rings is 4. The molecule has 0 amide bonds. The van der Waals surface area contributed by atoms with Crippen LogP contribution in [0.4, 0.5) is 27.9 Å². The van der Waals surface area contributed by atoms with Crippen LogP contribution in [0.2, 0.25) is 0 Å². The van der Waals surface area contributed by atoms with Gasteiger partial charge in [-0.05, 0) is 66.7 Å². The molecule has 0 aliphatic heterocycles. The molecule has 176 valence electrons. The molecule has 0 aliphatic carbocycles. The Kier molecular flexibility index (Phi) is 6.87. The minimum absolute atomic E-state index is 0.0240. The molecule has 5 aromatic rings. The molecule has 0 fully saturated rings. The summed E-state index contributed by atoms with van der Waals surface area (Å²) in [5.41, 5.74) is 3.34. The van der Waals surface area contributed by atoms with Crippen LogP contribution in [-0.4, -0.2) is 21.4 Å². The molecule has 0 aliphatic rings. The molecule has 0 bridgehead atoms. The lowest BCUT2D eigenvalue weighted by molar-refractivity contribution is 0.474. The number of aromatic hydroxyl groups is 2. The Hall–Kier alpha value is -4.28. The fraction of sp³-hybridized carbons (Fsp3) is 0. The van der Waals surface area contributed by atoms with Gasteiger partial charge in [0, 0.05) is 22.3 Å². The summed E-state index contributed by atoms with van der Waals surface area (Å²) in [6, 6.07) is 24.6. The summed E-state index contributed by atoms with van der Waals surface area (Å²) in [6.07, 6.45) is 1.47. The van der Waals surface area contributed by atoms with Crippen molar-refractivity contribution in [2.24, 2.45) is 25.4 Å². The number of para-hydroxylation sites is 1. The van der Waals surface area contributed by atoms with Crippen molar-refractivity contribution in [1.82, 2.24) is 4.98 Å². The van der Waals surface area contributed by atoms with E-state index in [1.54, 1.807) is 18.2 Å². The Labute approximate surface area is 218 Å². The second kappa shape index (κ2) is 10.5. The van der Waals surface area contributed by atoms with E-state index in [-0.39, 0.29) is 11.5 Å². The molecule has 2 N–H and O–H groups in total. The van der Waals surface area contributed by atoms with E-state index in [1.807, 2.05) is 48.5 Å². The van der Waals surface area contributed by atoms with E-state index in [1.165, 1.54) is 35.8 Å². The highest BCUT2D eigenvalue weighted by molar-refractivity contribution is 9.10. The van der Waals surface area contributed by atoms with Gasteiger partial charge in [-0.3, -0.25) is 4.99 Å². The number of hydrogen-bond acceptors (Lipinski definition) is 9. The molecular formula is C26H17BrN6O2S. The zero-order valence-corrected chi connectivity index (χ0v) is 20.9. The number of rotatable bonds is 6. The predicted molar refractivity (Wildman–Crippen MR) is 146 cm³/mol. The van der Waals surface area contributed by atoms with Crippen molar-refractivity contribution in [3.8, 4) is 11.5 Å². The highest BCUT2D eigenvalue weighted by Crippen LogP contribution is 2.34. The Morgan fingerprint density at radius 2 is 1.53 bits per heavy atom. The lowest BCUT2D eigenvalue weighted by atomic mass is 10.2. The zero-order chi connectivity index (χ0) is 24.9. The van der Waals surface area contributed by atoms with Gasteiger partial charge in [-0.1, -0.05) is 39.4 Å². The zero-order valence-electron chi connectivity index (χ0n) is 18.5. The van der Waals surface area contributed by atoms with E-state index in [0.29, 0.717) is 33.4 Å². The first-order valence-corrected chi connectivity index (χ1v) is 12.3. The first-order chi connectivity index (χ1) is 17.5. The summed E-state index contributed by atoms with van der Waals surface area (Å²) >= 11 is 4.83. The third-order valence-corrected chi connectivity index (χ3v) is 6.40. The van der Waals surface area contributed by atoms with E-state index in [2.05, 4.69) is 46.4 Å². The number of azo groups is 2. The van der Waals surface area contributed by atoms with Crippen LogP contribution in [0.15, 0.2) is 115 Å². The summed E-state index contributed by atoms with van der Waals surface area (Å²) in [7, 11) is 0. The number of phenolic OH excluding ortho intramolecular Hbond substituents is 2. The molecule has 1 aromatic heterocycles. The van der Waals surface area contributed by atoms with Gasteiger partial charge in [0.1, 0.15) is 17.2 Å². The molecular weight excluding hydrogens is 540 g/mol. The highest BCUT2D eigenvalue weighted by atomic mass is 79.9. The maximum Gasteiger partial charge on any atom is 0.231 e. The SMILES string of the molecule is Oc1ccc(N=Nc2ccc(Br)cc2)c(N=Cc2cc(N=Nc3nc4ccccc4s3)ccc2O)c1. The highest BCUT2D eigenvalue weighted by Gasteiger charge is 2.06. The van der Waals surface area contributed by atoms with E-state index < -0.39 is 0 Å². The van der Waals surface area contributed by atoms with E-state index in [9.17, 15) is 10.2 Å². The molecule has 1 heterocycles. The molecule has 0 unspecified atom stereocenters. The van der Waals surface area contributed by atoms with Crippen LogP contribution in [0.5, 0.6) is 11.5 Å². The summed E-state index contributed by atoms with van der Waals surface area (Å²) in [6.45, 7) is 0. The number of fused-ring (bicyclic) bond motifs is 1. The molecule has 8 nitrogen and oxygen atoms in total. The number of nitrogens with zero attached hydrogens (tertiary/aromatic N) is 6. The van der Waals surface area contributed by atoms with Crippen molar-refractivity contribution in [2.45, 2.75) is 0 Å². The number of thiazole rings is 1. The van der Waals surface area contributed by atoms with Crippen LogP contribution in [0.1, 0.15) is 5.56 Å². The van der Waals surface area contributed by atoms with Gasteiger partial charge in [-0.15, -0.1) is 15.3 Å². The van der Waals surface area contributed by atoms with Gasteiger partial charge in [0.05, 0.1) is 27.3 Å². The van der Waals surface area contributed by atoms with E-state index in [4.69, 9.17) is 0 Å². The Bertz CT molecular complexity index is 1600. The van der Waals surface area contributed by atoms with Gasteiger partial charge < -0.3 is 10.2 Å². The topological polar surface area (TPSA) is 115 Å². The molecule has 5 rings (SSSR count). The van der Waals surface area contributed by atoms with Crippen molar-refractivity contribution >= 4 is 71.6 Å². The molecule has 0 saturated carbocycles. The third kappa shape index (κ3) is 5.68. The van der Waals surface area contributed by atoms with Crippen molar-refractivity contribution < 1.29 is 10.2 Å². The van der Waals surface area contributed by atoms with Crippen LogP contribution < -0.4 is 0 Å². The van der Waals surface area contributed by atoms with Crippen LogP contribution in [-0.2, 0) is 0 Å². The second-order valence-electron chi connectivity index (χ2n) is 7.51. The predicted octanol–water partition coefficient (Wildman–Crippen LogP) is 9.05.